The summed E-state index contributed by atoms with van der Waals surface area (Å²) in [6, 6.07) is 4.18. The van der Waals surface area contributed by atoms with Gasteiger partial charge in [-0.1, -0.05) is 24.4 Å². The normalized spacial score (nSPS) is 16.9. The molecule has 2 nitrogen and oxygen atoms in total. The van der Waals surface area contributed by atoms with Crippen LogP contribution in [0.1, 0.15) is 30.9 Å². The lowest BCUT2D eigenvalue weighted by Gasteiger charge is -2.20. The lowest BCUT2D eigenvalue weighted by molar-refractivity contribution is 0.393. The summed E-state index contributed by atoms with van der Waals surface area (Å²) in [7, 11) is 3.68. The van der Waals surface area contributed by atoms with Crippen LogP contribution in [0.2, 0.25) is 5.02 Å². The van der Waals surface area contributed by atoms with Crippen molar-refractivity contribution in [1.29, 1.82) is 0 Å². The zero-order valence-corrected chi connectivity index (χ0v) is 12.4. The Morgan fingerprint density at radius 2 is 2.24 bits per heavy atom. The van der Waals surface area contributed by atoms with Crippen LogP contribution in [0.15, 0.2) is 16.6 Å². The molecule has 1 atom stereocenters. The first kappa shape index (κ1) is 13.2. The largest absolute Gasteiger partial charge is 0.495 e. The minimum atomic E-state index is 0.312. The quantitative estimate of drug-likeness (QED) is 0.879. The molecule has 0 aliphatic heterocycles. The molecule has 0 saturated heterocycles. The van der Waals surface area contributed by atoms with E-state index in [2.05, 4.69) is 21.2 Å². The first-order chi connectivity index (χ1) is 8.15. The first-order valence-electron chi connectivity index (χ1n) is 5.86. The molecule has 0 spiro atoms. The van der Waals surface area contributed by atoms with Crippen molar-refractivity contribution in [2.24, 2.45) is 5.92 Å². The molecule has 0 bridgehead atoms. The van der Waals surface area contributed by atoms with Gasteiger partial charge in [0.2, 0.25) is 0 Å². The minimum absolute atomic E-state index is 0.312. The molecule has 1 saturated carbocycles. The molecule has 1 aromatic carbocycles. The molecule has 0 aromatic heterocycles. The molecule has 4 heteroatoms. The molecule has 1 aliphatic carbocycles. The van der Waals surface area contributed by atoms with Gasteiger partial charge < -0.3 is 10.1 Å². The van der Waals surface area contributed by atoms with Crippen molar-refractivity contribution >= 4 is 27.5 Å². The Kier molecular flexibility index (Phi) is 4.34. The van der Waals surface area contributed by atoms with Crippen LogP contribution in [0, 0.1) is 5.92 Å². The first-order valence-corrected chi connectivity index (χ1v) is 7.03. The highest BCUT2D eigenvalue weighted by molar-refractivity contribution is 9.10. The van der Waals surface area contributed by atoms with Crippen LogP contribution in [-0.4, -0.2) is 14.2 Å². The average Bonchev–Trinajstić information content (AvgIpc) is 3.08. The molecule has 1 aromatic rings. The lowest BCUT2D eigenvalue weighted by Crippen LogP contribution is -2.18. The molecule has 94 valence electrons. The van der Waals surface area contributed by atoms with E-state index in [1.54, 1.807) is 7.11 Å². The summed E-state index contributed by atoms with van der Waals surface area (Å²) in [5.74, 6) is 1.74. The van der Waals surface area contributed by atoms with E-state index in [0.29, 0.717) is 6.04 Å². The molecule has 1 aliphatic rings. The Balaban J connectivity index is 2.32. The van der Waals surface area contributed by atoms with E-state index in [0.717, 1.165) is 33.1 Å². The van der Waals surface area contributed by atoms with Gasteiger partial charge >= 0.3 is 0 Å². The summed E-state index contributed by atoms with van der Waals surface area (Å²) in [5.41, 5.74) is 1.14. The van der Waals surface area contributed by atoms with Crippen molar-refractivity contribution in [3.8, 4) is 5.75 Å². The predicted molar refractivity (Wildman–Crippen MR) is 74.8 cm³/mol. The van der Waals surface area contributed by atoms with Crippen molar-refractivity contribution in [2.45, 2.75) is 25.3 Å². The van der Waals surface area contributed by atoms with Crippen molar-refractivity contribution in [3.63, 3.8) is 0 Å². The topological polar surface area (TPSA) is 21.3 Å². The van der Waals surface area contributed by atoms with Gasteiger partial charge in [0, 0.05) is 16.6 Å². The van der Waals surface area contributed by atoms with E-state index in [1.165, 1.54) is 12.8 Å². The lowest BCUT2D eigenvalue weighted by atomic mass is 10.0. The number of methoxy groups -OCH3 is 1. The fourth-order valence-electron chi connectivity index (χ4n) is 2.14. The maximum absolute atomic E-state index is 6.12. The Morgan fingerprint density at radius 3 is 2.76 bits per heavy atom. The molecule has 0 amide bonds. The van der Waals surface area contributed by atoms with Gasteiger partial charge in [-0.3, -0.25) is 0 Å². The van der Waals surface area contributed by atoms with E-state index in [-0.39, 0.29) is 0 Å². The highest BCUT2D eigenvalue weighted by Crippen LogP contribution is 2.42. The Hall–Kier alpha value is -0.250. The number of hydrogen-bond donors (Lipinski definition) is 1. The van der Waals surface area contributed by atoms with Gasteiger partial charge in [-0.15, -0.1) is 0 Å². The number of rotatable bonds is 5. The minimum Gasteiger partial charge on any atom is -0.495 e. The van der Waals surface area contributed by atoms with Gasteiger partial charge in [0.15, 0.2) is 0 Å². The van der Waals surface area contributed by atoms with E-state index in [4.69, 9.17) is 16.3 Å². The Bertz CT molecular complexity index is 407. The summed E-state index contributed by atoms with van der Waals surface area (Å²) < 4.78 is 6.39. The van der Waals surface area contributed by atoms with Gasteiger partial charge in [0.05, 0.1) is 11.6 Å². The summed E-state index contributed by atoms with van der Waals surface area (Å²) in [5, 5.41) is 4.10. The van der Waals surface area contributed by atoms with E-state index in [9.17, 15) is 0 Å². The van der Waals surface area contributed by atoms with Gasteiger partial charge in [0.25, 0.3) is 0 Å². The highest BCUT2D eigenvalue weighted by Gasteiger charge is 2.27. The Morgan fingerprint density at radius 1 is 1.53 bits per heavy atom. The van der Waals surface area contributed by atoms with Gasteiger partial charge in [-0.2, -0.15) is 0 Å². The molecule has 1 unspecified atom stereocenters. The zero-order valence-electron chi connectivity index (χ0n) is 10.1. The number of hydrogen-bond acceptors (Lipinski definition) is 2. The fourth-order valence-corrected chi connectivity index (χ4v) is 3.14. The van der Waals surface area contributed by atoms with Crippen LogP contribution < -0.4 is 10.1 Å². The summed E-state index contributed by atoms with van der Waals surface area (Å²) in [6.45, 7) is 0. The monoisotopic (exact) mass is 317 g/mol. The van der Waals surface area contributed by atoms with Crippen LogP contribution in [0.5, 0.6) is 5.75 Å². The summed E-state index contributed by atoms with van der Waals surface area (Å²) in [4.78, 5) is 0. The maximum atomic E-state index is 6.12. The second kappa shape index (κ2) is 5.59. The molecule has 0 radical (unpaired) electrons. The number of halogens is 2. The second-order valence-electron chi connectivity index (χ2n) is 4.53. The van der Waals surface area contributed by atoms with E-state index >= 15 is 0 Å². The van der Waals surface area contributed by atoms with Gasteiger partial charge in [0.1, 0.15) is 5.75 Å². The molecule has 1 fully saturated rings. The fraction of sp³-hybridized carbons (Fsp3) is 0.538. The third kappa shape index (κ3) is 3.15. The van der Waals surface area contributed by atoms with Crippen LogP contribution in [0.25, 0.3) is 0 Å². The van der Waals surface area contributed by atoms with Crippen LogP contribution in [0.3, 0.4) is 0 Å². The molecule has 2 rings (SSSR count). The molecular formula is C13H17BrClNO. The van der Waals surface area contributed by atoms with Gasteiger partial charge in [-0.05, 0) is 47.4 Å². The van der Waals surface area contributed by atoms with Crippen LogP contribution in [0.4, 0.5) is 0 Å². The van der Waals surface area contributed by atoms with Crippen molar-refractivity contribution in [1.82, 2.24) is 5.32 Å². The Labute approximate surface area is 116 Å². The average molecular weight is 319 g/mol. The smallest absolute Gasteiger partial charge is 0.137 e. The van der Waals surface area contributed by atoms with Crippen molar-refractivity contribution < 1.29 is 4.74 Å². The molecule has 1 N–H and O–H groups in total. The van der Waals surface area contributed by atoms with Crippen molar-refractivity contribution in [2.75, 3.05) is 14.2 Å². The number of benzene rings is 1. The van der Waals surface area contributed by atoms with Gasteiger partial charge in [-0.25, -0.2) is 0 Å². The second-order valence-corrected chi connectivity index (χ2v) is 5.82. The molecule has 0 heterocycles. The van der Waals surface area contributed by atoms with Crippen LogP contribution in [-0.2, 0) is 0 Å². The standard InChI is InChI=1S/C13H17BrClNO/c1-16-12(5-8-3-4-8)10-6-9(15)7-11(14)13(10)17-2/h6-8,12,16H,3-5H2,1-2H3. The summed E-state index contributed by atoms with van der Waals surface area (Å²) >= 11 is 9.62. The molecular weight excluding hydrogens is 302 g/mol. The number of nitrogens with one attached hydrogen (secondary N) is 1. The predicted octanol–water partition coefficient (Wildman–Crippen LogP) is 4.17. The molecule has 17 heavy (non-hydrogen) atoms. The third-order valence-corrected chi connectivity index (χ3v) is 4.04. The van der Waals surface area contributed by atoms with Crippen LogP contribution >= 0.6 is 27.5 Å². The highest BCUT2D eigenvalue weighted by atomic mass is 79.9. The van der Waals surface area contributed by atoms with E-state index in [1.807, 2.05) is 19.2 Å². The SMILES string of the molecule is CNC(CC1CC1)c1cc(Cl)cc(Br)c1OC. The number of ether oxygens (including phenoxy) is 1. The van der Waals surface area contributed by atoms with E-state index < -0.39 is 0 Å². The maximum Gasteiger partial charge on any atom is 0.137 e. The van der Waals surface area contributed by atoms with Crippen molar-refractivity contribution in [3.05, 3.63) is 27.2 Å². The summed E-state index contributed by atoms with van der Waals surface area (Å²) in [6.07, 6.45) is 3.85. The zero-order chi connectivity index (χ0) is 12.4. The third-order valence-electron chi connectivity index (χ3n) is 3.23.